The van der Waals surface area contributed by atoms with Crippen molar-refractivity contribution in [2.24, 2.45) is 0 Å². The standard InChI is InChI=1S/C4H4NO/c6-4-1-2-5-3-4/h2-3,5-6H. The summed E-state index contributed by atoms with van der Waals surface area (Å²) in [4.78, 5) is 2.62. The van der Waals surface area contributed by atoms with Crippen LogP contribution in [-0.2, 0) is 0 Å². The molecular weight excluding hydrogens is 78.0 g/mol. The number of aromatic amines is 1. The fourth-order valence-electron chi connectivity index (χ4n) is 0.278. The summed E-state index contributed by atoms with van der Waals surface area (Å²) in [6, 6.07) is 2.50. The van der Waals surface area contributed by atoms with Gasteiger partial charge in [-0.05, 0) is 0 Å². The number of aromatic hydroxyl groups is 1. The SMILES string of the molecule is Oc1[c]c[nH]c1. The van der Waals surface area contributed by atoms with Crippen LogP contribution in [-0.4, -0.2) is 10.1 Å². The minimum atomic E-state index is 0.162. The summed E-state index contributed by atoms with van der Waals surface area (Å²) >= 11 is 0. The Morgan fingerprint density at radius 1 is 1.83 bits per heavy atom. The maximum absolute atomic E-state index is 8.39. The lowest BCUT2D eigenvalue weighted by molar-refractivity contribution is 0.475. The lowest BCUT2D eigenvalue weighted by Crippen LogP contribution is -1.44. The molecule has 0 bridgehead atoms. The highest BCUT2D eigenvalue weighted by molar-refractivity contribution is 5.10. The molecule has 0 aliphatic heterocycles. The molecule has 0 amide bonds. The van der Waals surface area contributed by atoms with Crippen molar-refractivity contribution < 1.29 is 5.11 Å². The third kappa shape index (κ3) is 0.360. The molecule has 0 saturated carbocycles. The number of hydrogen-bond donors (Lipinski definition) is 2. The van der Waals surface area contributed by atoms with Gasteiger partial charge >= 0.3 is 0 Å². The molecule has 0 saturated heterocycles. The molecule has 0 aliphatic carbocycles. The average molecular weight is 82.1 g/mol. The Balaban J connectivity index is 3.05. The molecule has 0 aromatic carbocycles. The van der Waals surface area contributed by atoms with Crippen LogP contribution in [0.4, 0.5) is 0 Å². The Kier molecular flexibility index (Phi) is 0.572. The molecule has 1 aromatic rings. The van der Waals surface area contributed by atoms with Crippen molar-refractivity contribution in [3.8, 4) is 5.75 Å². The topological polar surface area (TPSA) is 36.0 Å². The van der Waals surface area contributed by atoms with Gasteiger partial charge in [-0.2, -0.15) is 0 Å². The van der Waals surface area contributed by atoms with Gasteiger partial charge in [-0.25, -0.2) is 0 Å². The van der Waals surface area contributed by atoms with Gasteiger partial charge in [0.25, 0.3) is 0 Å². The molecule has 1 heterocycles. The minimum Gasteiger partial charge on any atom is -0.506 e. The average Bonchev–Trinajstić information content (AvgIpc) is 1.86. The van der Waals surface area contributed by atoms with Crippen LogP contribution in [0, 0.1) is 6.07 Å². The molecule has 0 atom stereocenters. The number of hydrogen-bond acceptors (Lipinski definition) is 1. The second-order valence-corrected chi connectivity index (χ2v) is 0.985. The monoisotopic (exact) mass is 82.0 g/mol. The fourth-order valence-corrected chi connectivity index (χ4v) is 0.278. The Bertz CT molecular complexity index is 111. The van der Waals surface area contributed by atoms with E-state index in [1.165, 1.54) is 12.4 Å². The zero-order chi connectivity index (χ0) is 4.41. The first-order chi connectivity index (χ1) is 2.89. The summed E-state index contributed by atoms with van der Waals surface area (Å²) < 4.78 is 0. The van der Waals surface area contributed by atoms with Crippen LogP contribution in [0.25, 0.3) is 0 Å². The van der Waals surface area contributed by atoms with Crippen molar-refractivity contribution in [2.45, 2.75) is 0 Å². The van der Waals surface area contributed by atoms with Crippen LogP contribution < -0.4 is 0 Å². The van der Waals surface area contributed by atoms with Crippen LogP contribution in [0.15, 0.2) is 12.4 Å². The smallest absolute Gasteiger partial charge is 0.141 e. The summed E-state index contributed by atoms with van der Waals surface area (Å²) in [5.74, 6) is 0.162. The maximum atomic E-state index is 8.39. The Morgan fingerprint density at radius 3 is 2.83 bits per heavy atom. The molecule has 6 heavy (non-hydrogen) atoms. The summed E-state index contributed by atoms with van der Waals surface area (Å²) in [5, 5.41) is 8.39. The van der Waals surface area contributed by atoms with E-state index in [-0.39, 0.29) is 5.75 Å². The highest BCUT2D eigenvalue weighted by Gasteiger charge is 1.77. The van der Waals surface area contributed by atoms with Gasteiger partial charge in [-0.1, -0.05) is 0 Å². The van der Waals surface area contributed by atoms with Crippen LogP contribution in [0.1, 0.15) is 0 Å². The van der Waals surface area contributed by atoms with E-state index in [1.54, 1.807) is 0 Å². The third-order valence-corrected chi connectivity index (χ3v) is 0.523. The van der Waals surface area contributed by atoms with Crippen molar-refractivity contribution in [1.29, 1.82) is 0 Å². The Hall–Kier alpha value is -0.920. The predicted octanol–water partition coefficient (Wildman–Crippen LogP) is 0.520. The summed E-state index contributed by atoms with van der Waals surface area (Å²) in [6.45, 7) is 0. The van der Waals surface area contributed by atoms with Gasteiger partial charge in [-0.3, -0.25) is 0 Å². The number of aromatic nitrogens is 1. The zero-order valence-electron chi connectivity index (χ0n) is 3.10. The normalized spacial score (nSPS) is 8.67. The van der Waals surface area contributed by atoms with Gasteiger partial charge in [0.1, 0.15) is 5.75 Å². The molecule has 2 N–H and O–H groups in total. The van der Waals surface area contributed by atoms with E-state index >= 15 is 0 Å². The quantitative estimate of drug-likeness (QED) is 0.470. The Morgan fingerprint density at radius 2 is 2.67 bits per heavy atom. The largest absolute Gasteiger partial charge is 0.506 e. The van der Waals surface area contributed by atoms with Gasteiger partial charge in [0.05, 0.1) is 0 Å². The maximum Gasteiger partial charge on any atom is 0.141 e. The van der Waals surface area contributed by atoms with E-state index in [0.29, 0.717) is 0 Å². The summed E-state index contributed by atoms with van der Waals surface area (Å²) in [5.41, 5.74) is 0. The molecule has 2 heteroatoms. The molecular formula is C4H4NO. The van der Waals surface area contributed by atoms with Crippen LogP contribution in [0.3, 0.4) is 0 Å². The molecule has 0 aliphatic rings. The van der Waals surface area contributed by atoms with E-state index in [0.717, 1.165) is 0 Å². The minimum absolute atomic E-state index is 0.162. The first kappa shape index (κ1) is 3.28. The van der Waals surface area contributed by atoms with Crippen molar-refractivity contribution in [2.75, 3.05) is 0 Å². The summed E-state index contributed by atoms with van der Waals surface area (Å²) in [7, 11) is 0. The predicted molar refractivity (Wildman–Crippen MR) is 21.3 cm³/mol. The van der Waals surface area contributed by atoms with Gasteiger partial charge in [0, 0.05) is 18.5 Å². The van der Waals surface area contributed by atoms with E-state index in [9.17, 15) is 0 Å². The van der Waals surface area contributed by atoms with E-state index < -0.39 is 0 Å². The lowest BCUT2D eigenvalue weighted by Gasteiger charge is -1.67. The van der Waals surface area contributed by atoms with Crippen molar-refractivity contribution >= 4 is 0 Å². The van der Waals surface area contributed by atoms with Crippen molar-refractivity contribution in [1.82, 2.24) is 4.98 Å². The summed E-state index contributed by atoms with van der Waals surface area (Å²) in [6.07, 6.45) is 3.00. The molecule has 0 fully saturated rings. The molecule has 0 unspecified atom stereocenters. The number of H-pyrrole nitrogens is 1. The van der Waals surface area contributed by atoms with Crippen LogP contribution >= 0.6 is 0 Å². The molecule has 1 radical (unpaired) electrons. The molecule has 1 aromatic heterocycles. The fraction of sp³-hybridized carbons (Fsp3) is 0. The Labute approximate surface area is 35.4 Å². The van der Waals surface area contributed by atoms with E-state index in [2.05, 4.69) is 11.1 Å². The molecule has 2 nitrogen and oxygen atoms in total. The van der Waals surface area contributed by atoms with E-state index in [4.69, 9.17) is 5.11 Å². The lowest BCUT2D eigenvalue weighted by atomic mass is 10.6. The second-order valence-electron chi connectivity index (χ2n) is 0.985. The number of nitrogens with one attached hydrogen (secondary N) is 1. The second kappa shape index (κ2) is 1.05. The van der Waals surface area contributed by atoms with Crippen LogP contribution in [0.2, 0.25) is 0 Å². The zero-order valence-corrected chi connectivity index (χ0v) is 3.10. The van der Waals surface area contributed by atoms with Gasteiger partial charge in [-0.15, -0.1) is 0 Å². The van der Waals surface area contributed by atoms with Gasteiger partial charge < -0.3 is 10.1 Å². The molecule has 31 valence electrons. The van der Waals surface area contributed by atoms with E-state index in [1.807, 2.05) is 0 Å². The molecule has 0 spiro atoms. The van der Waals surface area contributed by atoms with Crippen molar-refractivity contribution in [3.05, 3.63) is 18.5 Å². The van der Waals surface area contributed by atoms with Crippen LogP contribution in [0.5, 0.6) is 5.75 Å². The highest BCUT2D eigenvalue weighted by atomic mass is 16.3. The molecule has 1 rings (SSSR count). The third-order valence-electron chi connectivity index (χ3n) is 0.523. The first-order valence-electron chi connectivity index (χ1n) is 1.63. The van der Waals surface area contributed by atoms with Gasteiger partial charge in [0.15, 0.2) is 0 Å². The van der Waals surface area contributed by atoms with Gasteiger partial charge in [0.2, 0.25) is 0 Å². The van der Waals surface area contributed by atoms with Crippen molar-refractivity contribution in [3.63, 3.8) is 0 Å². The highest BCUT2D eigenvalue weighted by Crippen LogP contribution is 1.99. The first-order valence-corrected chi connectivity index (χ1v) is 1.63. The number of rotatable bonds is 0.